The molecular formula is C16H20FN3O. The molecule has 0 spiro atoms. The number of benzene rings is 1. The van der Waals surface area contributed by atoms with E-state index in [2.05, 4.69) is 10.4 Å². The first-order chi connectivity index (χ1) is 10.2. The van der Waals surface area contributed by atoms with Gasteiger partial charge in [-0.15, -0.1) is 0 Å². The molecule has 21 heavy (non-hydrogen) atoms. The molecule has 4 nitrogen and oxygen atoms in total. The van der Waals surface area contributed by atoms with Crippen LogP contribution in [0.15, 0.2) is 30.6 Å². The third-order valence-corrected chi connectivity index (χ3v) is 3.77. The summed E-state index contributed by atoms with van der Waals surface area (Å²) in [6.45, 7) is 4.10. The predicted octanol–water partition coefficient (Wildman–Crippen LogP) is 3.12. The van der Waals surface area contributed by atoms with Crippen LogP contribution >= 0.6 is 0 Å². The number of nitrogens with zero attached hydrogens (tertiary/aromatic N) is 2. The fraction of sp³-hybridized carbons (Fsp3) is 0.438. The number of rotatable bonds is 5. The highest BCUT2D eigenvalue weighted by Crippen LogP contribution is 2.16. The smallest absolute Gasteiger partial charge is 0.126 e. The first-order valence-corrected chi connectivity index (χ1v) is 7.33. The number of aromatic nitrogens is 2. The van der Waals surface area contributed by atoms with Gasteiger partial charge in [-0.1, -0.05) is 12.1 Å². The van der Waals surface area contributed by atoms with E-state index in [0.717, 1.165) is 37.2 Å². The van der Waals surface area contributed by atoms with Crippen LogP contribution in [0, 0.1) is 12.7 Å². The molecule has 0 amide bonds. The van der Waals surface area contributed by atoms with Crippen LogP contribution < -0.4 is 5.32 Å². The van der Waals surface area contributed by atoms with Gasteiger partial charge in [-0.2, -0.15) is 5.10 Å². The Balaban J connectivity index is 1.55. The number of ether oxygens (including phenoxy) is 1. The van der Waals surface area contributed by atoms with Gasteiger partial charge in [-0.05, 0) is 37.0 Å². The molecule has 0 aliphatic carbocycles. The number of halogens is 1. The monoisotopic (exact) mass is 289 g/mol. The number of anilines is 1. The van der Waals surface area contributed by atoms with Crippen LogP contribution in [0.25, 0.3) is 0 Å². The highest BCUT2D eigenvalue weighted by Gasteiger charge is 2.16. The van der Waals surface area contributed by atoms with Crippen molar-refractivity contribution in [1.29, 1.82) is 0 Å². The molecule has 5 heteroatoms. The van der Waals surface area contributed by atoms with E-state index < -0.39 is 0 Å². The molecule has 0 saturated carbocycles. The fourth-order valence-corrected chi connectivity index (χ4v) is 2.57. The van der Waals surface area contributed by atoms with Crippen molar-refractivity contribution in [3.63, 3.8) is 0 Å². The van der Waals surface area contributed by atoms with E-state index in [4.69, 9.17) is 4.74 Å². The molecule has 1 aliphatic heterocycles. The van der Waals surface area contributed by atoms with Crippen molar-refractivity contribution in [2.75, 3.05) is 11.9 Å². The van der Waals surface area contributed by atoms with Crippen molar-refractivity contribution < 1.29 is 9.13 Å². The summed E-state index contributed by atoms with van der Waals surface area (Å²) in [5, 5.41) is 7.64. The van der Waals surface area contributed by atoms with Crippen molar-refractivity contribution >= 4 is 5.69 Å². The lowest BCUT2D eigenvalue weighted by Crippen LogP contribution is -2.15. The summed E-state index contributed by atoms with van der Waals surface area (Å²) in [6, 6.07) is 5.17. The molecule has 1 fully saturated rings. The fourth-order valence-electron chi connectivity index (χ4n) is 2.57. The van der Waals surface area contributed by atoms with Crippen molar-refractivity contribution in [3.05, 3.63) is 47.5 Å². The van der Waals surface area contributed by atoms with Crippen LogP contribution in [-0.2, 0) is 17.8 Å². The zero-order chi connectivity index (χ0) is 14.7. The Morgan fingerprint density at radius 3 is 3.14 bits per heavy atom. The summed E-state index contributed by atoms with van der Waals surface area (Å²) < 4.78 is 20.7. The van der Waals surface area contributed by atoms with E-state index in [1.54, 1.807) is 13.0 Å². The maximum Gasteiger partial charge on any atom is 0.126 e. The molecule has 0 bridgehead atoms. The lowest BCUT2D eigenvalue weighted by molar-refractivity contribution is 0.0940. The maximum absolute atomic E-state index is 13.2. The lowest BCUT2D eigenvalue weighted by atomic mass is 10.1. The van der Waals surface area contributed by atoms with Gasteiger partial charge in [-0.25, -0.2) is 4.39 Å². The summed E-state index contributed by atoms with van der Waals surface area (Å²) in [5.41, 5.74) is 2.69. The molecule has 2 aromatic rings. The van der Waals surface area contributed by atoms with E-state index >= 15 is 0 Å². The van der Waals surface area contributed by atoms with Crippen molar-refractivity contribution in [2.45, 2.75) is 39.0 Å². The Morgan fingerprint density at radius 2 is 2.38 bits per heavy atom. The van der Waals surface area contributed by atoms with Crippen LogP contribution in [-0.4, -0.2) is 22.5 Å². The number of hydrogen-bond acceptors (Lipinski definition) is 3. The van der Waals surface area contributed by atoms with E-state index in [0.29, 0.717) is 12.1 Å². The quantitative estimate of drug-likeness (QED) is 0.919. The summed E-state index contributed by atoms with van der Waals surface area (Å²) in [4.78, 5) is 0. The van der Waals surface area contributed by atoms with Crippen LogP contribution in [0.1, 0.15) is 24.0 Å². The highest BCUT2D eigenvalue weighted by atomic mass is 19.1. The van der Waals surface area contributed by atoms with Gasteiger partial charge in [0.1, 0.15) is 5.82 Å². The minimum Gasteiger partial charge on any atom is -0.378 e. The highest BCUT2D eigenvalue weighted by molar-refractivity contribution is 5.39. The Kier molecular flexibility index (Phi) is 4.20. The van der Waals surface area contributed by atoms with E-state index in [1.807, 2.05) is 23.1 Å². The van der Waals surface area contributed by atoms with Crippen LogP contribution in [0.2, 0.25) is 0 Å². The summed E-state index contributed by atoms with van der Waals surface area (Å²) in [7, 11) is 0. The van der Waals surface area contributed by atoms with Gasteiger partial charge in [0.05, 0.1) is 24.5 Å². The molecular weight excluding hydrogens is 269 g/mol. The van der Waals surface area contributed by atoms with Gasteiger partial charge in [0.2, 0.25) is 0 Å². The van der Waals surface area contributed by atoms with Crippen molar-refractivity contribution in [2.24, 2.45) is 0 Å². The van der Waals surface area contributed by atoms with Gasteiger partial charge in [0, 0.05) is 19.3 Å². The molecule has 1 N–H and O–H groups in total. The molecule has 112 valence electrons. The van der Waals surface area contributed by atoms with Gasteiger partial charge in [0.15, 0.2) is 0 Å². The number of nitrogens with one attached hydrogen (secondary N) is 1. The first kappa shape index (κ1) is 14.1. The zero-order valence-electron chi connectivity index (χ0n) is 12.2. The standard InChI is InChI=1S/C16H20FN3O/c1-12-7-13(4-5-16(12)17)8-18-14-9-19-20(10-14)11-15-3-2-6-21-15/h4-5,7,9-10,15,18H,2-3,6,8,11H2,1H3. The summed E-state index contributed by atoms with van der Waals surface area (Å²) in [6.07, 6.45) is 6.33. The van der Waals surface area contributed by atoms with Crippen LogP contribution in [0.5, 0.6) is 0 Å². The third-order valence-electron chi connectivity index (χ3n) is 3.77. The lowest BCUT2D eigenvalue weighted by Gasteiger charge is -2.08. The average molecular weight is 289 g/mol. The molecule has 1 saturated heterocycles. The molecule has 1 aromatic carbocycles. The summed E-state index contributed by atoms with van der Waals surface area (Å²) >= 11 is 0. The van der Waals surface area contributed by atoms with Gasteiger partial charge >= 0.3 is 0 Å². The van der Waals surface area contributed by atoms with Crippen molar-refractivity contribution in [3.8, 4) is 0 Å². The maximum atomic E-state index is 13.2. The SMILES string of the molecule is Cc1cc(CNc2cnn(CC3CCCO3)c2)ccc1F. The van der Waals surface area contributed by atoms with E-state index in [-0.39, 0.29) is 11.9 Å². The second-order valence-electron chi connectivity index (χ2n) is 5.52. The predicted molar refractivity (Wildman–Crippen MR) is 79.7 cm³/mol. The number of aryl methyl sites for hydroxylation is 1. The minimum atomic E-state index is -0.164. The Labute approximate surface area is 123 Å². The van der Waals surface area contributed by atoms with Gasteiger partial charge in [-0.3, -0.25) is 4.68 Å². The third kappa shape index (κ3) is 3.61. The molecule has 1 atom stereocenters. The Hall–Kier alpha value is -1.88. The first-order valence-electron chi connectivity index (χ1n) is 7.33. The van der Waals surface area contributed by atoms with Gasteiger partial charge < -0.3 is 10.1 Å². The molecule has 0 radical (unpaired) electrons. The largest absolute Gasteiger partial charge is 0.378 e. The molecule has 2 heterocycles. The molecule has 1 aromatic heterocycles. The minimum absolute atomic E-state index is 0.164. The van der Waals surface area contributed by atoms with E-state index in [1.165, 1.54) is 6.07 Å². The van der Waals surface area contributed by atoms with Gasteiger partial charge in [0.25, 0.3) is 0 Å². The summed E-state index contributed by atoms with van der Waals surface area (Å²) in [5.74, 6) is -0.164. The van der Waals surface area contributed by atoms with Crippen LogP contribution in [0.4, 0.5) is 10.1 Å². The molecule has 3 rings (SSSR count). The molecule has 1 aliphatic rings. The average Bonchev–Trinajstić information content (AvgIpc) is 3.13. The second-order valence-corrected chi connectivity index (χ2v) is 5.52. The van der Waals surface area contributed by atoms with E-state index in [9.17, 15) is 4.39 Å². The Bertz CT molecular complexity index is 605. The zero-order valence-corrected chi connectivity index (χ0v) is 12.2. The second kappa shape index (κ2) is 6.26. The number of hydrogen-bond donors (Lipinski definition) is 1. The topological polar surface area (TPSA) is 39.1 Å². The molecule has 1 unspecified atom stereocenters. The van der Waals surface area contributed by atoms with Crippen molar-refractivity contribution in [1.82, 2.24) is 9.78 Å². The Morgan fingerprint density at radius 1 is 1.48 bits per heavy atom. The van der Waals surface area contributed by atoms with Crippen LogP contribution in [0.3, 0.4) is 0 Å². The normalized spacial score (nSPS) is 18.1.